The second kappa shape index (κ2) is 8.70. The molecule has 0 amide bonds. The molecule has 152 valence electrons. The molecule has 0 aliphatic rings. The Balaban J connectivity index is 1.74. The van der Waals surface area contributed by atoms with Gasteiger partial charge in [0.05, 0.1) is 26.2 Å². The van der Waals surface area contributed by atoms with E-state index in [0.717, 1.165) is 22.0 Å². The Morgan fingerprint density at radius 1 is 1.14 bits per heavy atom. The molecule has 0 radical (unpaired) electrons. The number of nitrogens with one attached hydrogen (secondary N) is 1. The van der Waals surface area contributed by atoms with Crippen LogP contribution in [0.25, 0.3) is 11.5 Å². The van der Waals surface area contributed by atoms with E-state index >= 15 is 0 Å². The van der Waals surface area contributed by atoms with E-state index in [-0.39, 0.29) is 11.7 Å². The van der Waals surface area contributed by atoms with Crippen molar-refractivity contribution in [1.29, 1.82) is 0 Å². The van der Waals surface area contributed by atoms with E-state index < -0.39 is 4.92 Å². The highest BCUT2D eigenvalue weighted by atomic mass is 16.6. The van der Waals surface area contributed by atoms with Gasteiger partial charge in [-0.05, 0) is 31.2 Å². The molecule has 3 rings (SSSR count). The Labute approximate surface area is 168 Å². The van der Waals surface area contributed by atoms with Crippen LogP contribution in [0.15, 0.2) is 46.9 Å². The number of rotatable bonds is 8. The fraction of sp³-hybridized carbons (Fsp3) is 0.300. The number of hydrogen-bond acceptors (Lipinski definition) is 7. The Morgan fingerprint density at radius 3 is 2.48 bits per heavy atom. The third-order valence-corrected chi connectivity index (χ3v) is 4.84. The van der Waals surface area contributed by atoms with Crippen LogP contribution < -0.4 is 14.4 Å². The van der Waals surface area contributed by atoms with Crippen molar-refractivity contribution >= 4 is 5.69 Å². The van der Waals surface area contributed by atoms with Crippen molar-refractivity contribution in [3.05, 3.63) is 64.0 Å². The average molecular weight is 399 g/mol. The molecule has 0 aliphatic heterocycles. The van der Waals surface area contributed by atoms with E-state index in [4.69, 9.17) is 13.9 Å². The highest BCUT2D eigenvalue weighted by Gasteiger charge is 2.24. The lowest BCUT2D eigenvalue weighted by Crippen LogP contribution is -3.07. The first-order valence-electron chi connectivity index (χ1n) is 9.04. The maximum absolute atomic E-state index is 10.8. The lowest BCUT2D eigenvalue weighted by atomic mass is 10.1. The summed E-state index contributed by atoms with van der Waals surface area (Å²) in [6.07, 6.45) is 0. The summed E-state index contributed by atoms with van der Waals surface area (Å²) in [5, 5.41) is 19.0. The number of hydrogen-bond donors (Lipinski definition) is 1. The van der Waals surface area contributed by atoms with Crippen LogP contribution in [-0.4, -0.2) is 36.4 Å². The average Bonchev–Trinajstić information content (AvgIpc) is 3.23. The largest absolute Gasteiger partial charge is 0.497 e. The molecule has 0 saturated carbocycles. The zero-order valence-corrected chi connectivity index (χ0v) is 16.7. The molecule has 9 heteroatoms. The number of nitro benzene ring substituents is 1. The number of ether oxygens (including phenoxy) is 2. The molecule has 0 bridgehead atoms. The van der Waals surface area contributed by atoms with Gasteiger partial charge in [0.25, 0.3) is 11.6 Å². The number of non-ortho nitro benzene ring substituents is 1. The fourth-order valence-electron chi connectivity index (χ4n) is 2.91. The molecule has 0 fully saturated rings. The first-order chi connectivity index (χ1) is 13.9. The molecular weight excluding hydrogens is 376 g/mol. The van der Waals surface area contributed by atoms with Crippen molar-refractivity contribution in [2.75, 3.05) is 21.3 Å². The molecule has 1 aromatic heterocycles. The normalized spacial score (nSPS) is 13.0. The van der Waals surface area contributed by atoms with E-state index in [9.17, 15) is 10.1 Å². The van der Waals surface area contributed by atoms with Gasteiger partial charge < -0.3 is 18.8 Å². The molecule has 1 N–H and O–H groups in total. The minimum atomic E-state index is -0.448. The van der Waals surface area contributed by atoms with Crippen LogP contribution in [0.3, 0.4) is 0 Å². The summed E-state index contributed by atoms with van der Waals surface area (Å²) < 4.78 is 16.5. The quantitative estimate of drug-likeness (QED) is 0.458. The summed E-state index contributed by atoms with van der Waals surface area (Å²) >= 11 is 0. The maximum Gasteiger partial charge on any atom is 0.274 e. The number of nitrogens with zero attached hydrogens (tertiary/aromatic N) is 3. The zero-order valence-electron chi connectivity index (χ0n) is 16.7. The zero-order chi connectivity index (χ0) is 21.0. The SMILES string of the molecule is COc1ccc(C[NH+](C)[C@H](C)c2nnc(-c3ccc([N+](=O)[O-])cc3)o2)c(OC)c1. The fourth-order valence-corrected chi connectivity index (χ4v) is 2.91. The highest BCUT2D eigenvalue weighted by Crippen LogP contribution is 2.25. The van der Waals surface area contributed by atoms with Crippen molar-refractivity contribution in [3.8, 4) is 23.0 Å². The summed E-state index contributed by atoms with van der Waals surface area (Å²) in [7, 11) is 5.28. The minimum Gasteiger partial charge on any atom is -0.497 e. The first kappa shape index (κ1) is 20.3. The minimum absolute atomic E-state index is 0.0134. The van der Waals surface area contributed by atoms with E-state index in [0.29, 0.717) is 23.9 Å². The molecule has 3 aromatic rings. The number of benzene rings is 2. The van der Waals surface area contributed by atoms with Gasteiger partial charge in [-0.1, -0.05) is 0 Å². The van der Waals surface area contributed by atoms with Gasteiger partial charge >= 0.3 is 0 Å². The number of quaternary nitrogens is 1. The molecule has 2 aromatic carbocycles. The van der Waals surface area contributed by atoms with E-state index in [1.54, 1.807) is 26.4 Å². The van der Waals surface area contributed by atoms with Crippen molar-refractivity contribution in [2.45, 2.75) is 19.5 Å². The van der Waals surface area contributed by atoms with Gasteiger partial charge in [0.15, 0.2) is 6.04 Å². The molecule has 9 nitrogen and oxygen atoms in total. The van der Waals surface area contributed by atoms with Crippen LogP contribution in [0.2, 0.25) is 0 Å². The monoisotopic (exact) mass is 399 g/mol. The van der Waals surface area contributed by atoms with Crippen LogP contribution in [-0.2, 0) is 6.54 Å². The molecule has 29 heavy (non-hydrogen) atoms. The summed E-state index contributed by atoms with van der Waals surface area (Å²) in [6.45, 7) is 2.68. The van der Waals surface area contributed by atoms with Gasteiger partial charge in [-0.2, -0.15) is 0 Å². The van der Waals surface area contributed by atoms with Crippen molar-refractivity contribution in [2.24, 2.45) is 0 Å². The van der Waals surface area contributed by atoms with Gasteiger partial charge in [0, 0.05) is 29.3 Å². The molecular formula is C20H23N4O5+. The Morgan fingerprint density at radius 2 is 1.86 bits per heavy atom. The van der Waals surface area contributed by atoms with Crippen molar-refractivity contribution in [3.63, 3.8) is 0 Å². The van der Waals surface area contributed by atoms with Crippen LogP contribution in [0.5, 0.6) is 11.5 Å². The lowest BCUT2D eigenvalue weighted by Gasteiger charge is -2.20. The maximum atomic E-state index is 10.8. The summed E-state index contributed by atoms with van der Waals surface area (Å²) in [5.41, 5.74) is 1.68. The number of methoxy groups -OCH3 is 2. The molecule has 0 aliphatic carbocycles. The molecule has 0 saturated heterocycles. The van der Waals surface area contributed by atoms with Crippen LogP contribution >= 0.6 is 0 Å². The Hall–Kier alpha value is -3.46. The van der Waals surface area contributed by atoms with Crippen LogP contribution in [0.4, 0.5) is 5.69 Å². The second-order valence-electron chi connectivity index (χ2n) is 6.67. The molecule has 0 spiro atoms. The van der Waals surface area contributed by atoms with Gasteiger partial charge in [-0.25, -0.2) is 0 Å². The topological polar surface area (TPSA) is 105 Å². The third-order valence-electron chi connectivity index (χ3n) is 4.84. The third kappa shape index (κ3) is 4.52. The predicted octanol–water partition coefficient (Wildman–Crippen LogP) is 2.44. The van der Waals surface area contributed by atoms with Gasteiger partial charge in [0.2, 0.25) is 5.89 Å². The predicted molar refractivity (Wildman–Crippen MR) is 105 cm³/mol. The van der Waals surface area contributed by atoms with E-state index in [1.165, 1.54) is 12.1 Å². The lowest BCUT2D eigenvalue weighted by molar-refractivity contribution is -0.925. The van der Waals surface area contributed by atoms with Gasteiger partial charge in [-0.15, -0.1) is 10.2 Å². The highest BCUT2D eigenvalue weighted by molar-refractivity contribution is 5.55. The first-order valence-corrected chi connectivity index (χ1v) is 9.04. The smallest absolute Gasteiger partial charge is 0.274 e. The van der Waals surface area contributed by atoms with Crippen molar-refractivity contribution in [1.82, 2.24) is 10.2 Å². The summed E-state index contributed by atoms with van der Waals surface area (Å²) in [5.74, 6) is 2.31. The molecule has 1 heterocycles. The van der Waals surface area contributed by atoms with Gasteiger partial charge in [0.1, 0.15) is 18.0 Å². The van der Waals surface area contributed by atoms with Gasteiger partial charge in [-0.3, -0.25) is 10.1 Å². The number of nitro groups is 1. The summed E-state index contributed by atoms with van der Waals surface area (Å²) in [4.78, 5) is 11.5. The Kier molecular flexibility index (Phi) is 6.08. The van der Waals surface area contributed by atoms with E-state index in [1.807, 2.05) is 32.2 Å². The summed E-state index contributed by atoms with van der Waals surface area (Å²) in [6, 6.07) is 11.7. The standard InChI is InChI=1S/C20H22N4O5/c1-13(23(2)12-15-7-10-17(27-3)11-18(15)28-4)19-21-22-20(29-19)14-5-8-16(9-6-14)24(25)26/h5-11,13H,12H2,1-4H3/p+1/t13-/m1/s1. The van der Waals surface area contributed by atoms with Crippen molar-refractivity contribution < 1.29 is 23.7 Å². The van der Waals surface area contributed by atoms with Crippen LogP contribution in [0, 0.1) is 10.1 Å². The Bertz CT molecular complexity index is 987. The molecule has 1 unspecified atom stereocenters. The molecule has 2 atom stereocenters. The second-order valence-corrected chi connectivity index (χ2v) is 6.67. The number of aromatic nitrogens is 2. The van der Waals surface area contributed by atoms with Crippen LogP contribution in [0.1, 0.15) is 24.4 Å². The van der Waals surface area contributed by atoms with E-state index in [2.05, 4.69) is 10.2 Å².